The maximum absolute atomic E-state index is 13.4. The Kier molecular flexibility index (Phi) is 7.20. The maximum atomic E-state index is 13.4. The standard InChI is InChI=1S/C21H31N3O2S2/c1-5-14(4)22-17(25)12-27-21-23-19-18(15-8-6-7-9-16(15)28-19)20(26)24(21)11-10-13(2)3/h13-14H,5-12H2,1-4H3,(H,22,25)/t14-/m0/s1. The van der Waals surface area contributed by atoms with Crippen LogP contribution in [0, 0.1) is 5.92 Å². The van der Waals surface area contributed by atoms with Gasteiger partial charge in [0, 0.05) is 17.5 Å². The first kappa shape index (κ1) is 21.4. The number of aromatic nitrogens is 2. The van der Waals surface area contributed by atoms with Crippen molar-refractivity contribution in [1.82, 2.24) is 14.9 Å². The molecule has 7 heteroatoms. The van der Waals surface area contributed by atoms with Crippen molar-refractivity contribution in [1.29, 1.82) is 0 Å². The minimum Gasteiger partial charge on any atom is -0.353 e. The Morgan fingerprint density at radius 2 is 2.04 bits per heavy atom. The first-order valence-electron chi connectivity index (χ1n) is 10.4. The zero-order valence-corrected chi connectivity index (χ0v) is 19.0. The third-order valence-electron chi connectivity index (χ3n) is 5.32. The number of amides is 1. The summed E-state index contributed by atoms with van der Waals surface area (Å²) < 4.78 is 1.81. The summed E-state index contributed by atoms with van der Waals surface area (Å²) in [6.45, 7) is 9.03. The van der Waals surface area contributed by atoms with Gasteiger partial charge in [0.15, 0.2) is 5.16 Å². The number of aryl methyl sites for hydroxylation is 2. The fraction of sp³-hybridized carbons (Fsp3) is 0.667. The Labute approximate surface area is 175 Å². The van der Waals surface area contributed by atoms with Crippen LogP contribution in [0.3, 0.4) is 0 Å². The molecular weight excluding hydrogens is 390 g/mol. The van der Waals surface area contributed by atoms with Crippen molar-refractivity contribution in [2.75, 3.05) is 5.75 Å². The van der Waals surface area contributed by atoms with Crippen molar-refractivity contribution in [3.8, 4) is 0 Å². The van der Waals surface area contributed by atoms with E-state index in [0.29, 0.717) is 17.6 Å². The average Bonchev–Trinajstić information content (AvgIpc) is 3.03. The van der Waals surface area contributed by atoms with Crippen LogP contribution >= 0.6 is 23.1 Å². The van der Waals surface area contributed by atoms with Gasteiger partial charge in [0.2, 0.25) is 5.91 Å². The Bertz CT molecular complexity index is 901. The molecule has 154 valence electrons. The lowest BCUT2D eigenvalue weighted by Gasteiger charge is -2.15. The van der Waals surface area contributed by atoms with Crippen LogP contribution in [0.1, 0.15) is 63.8 Å². The van der Waals surface area contributed by atoms with E-state index in [1.165, 1.54) is 28.6 Å². The van der Waals surface area contributed by atoms with E-state index < -0.39 is 0 Å². The minimum absolute atomic E-state index is 0.00502. The number of carbonyl (C=O) groups excluding carboxylic acids is 1. The predicted octanol–water partition coefficient (Wildman–Crippen LogP) is 4.39. The molecule has 0 radical (unpaired) electrons. The van der Waals surface area contributed by atoms with Crippen molar-refractivity contribution >= 4 is 39.2 Å². The lowest BCUT2D eigenvalue weighted by molar-refractivity contribution is -0.119. The predicted molar refractivity (Wildman–Crippen MR) is 119 cm³/mol. The highest BCUT2D eigenvalue weighted by Crippen LogP contribution is 2.34. The molecule has 0 saturated heterocycles. The molecule has 1 aliphatic carbocycles. The summed E-state index contributed by atoms with van der Waals surface area (Å²) in [5.41, 5.74) is 1.31. The Morgan fingerprint density at radius 3 is 2.75 bits per heavy atom. The van der Waals surface area contributed by atoms with E-state index in [-0.39, 0.29) is 23.3 Å². The lowest BCUT2D eigenvalue weighted by atomic mass is 9.97. The molecule has 5 nitrogen and oxygen atoms in total. The fourth-order valence-electron chi connectivity index (χ4n) is 3.46. The Balaban J connectivity index is 1.94. The van der Waals surface area contributed by atoms with E-state index in [4.69, 9.17) is 4.98 Å². The van der Waals surface area contributed by atoms with Crippen LogP contribution in [0.15, 0.2) is 9.95 Å². The number of rotatable bonds is 8. The third kappa shape index (κ3) is 4.79. The van der Waals surface area contributed by atoms with Crippen molar-refractivity contribution in [2.45, 2.75) is 84.0 Å². The monoisotopic (exact) mass is 421 g/mol. The molecule has 2 aromatic rings. The summed E-state index contributed by atoms with van der Waals surface area (Å²) in [6.07, 6.45) is 6.21. The molecule has 1 aliphatic rings. The van der Waals surface area contributed by atoms with Gasteiger partial charge >= 0.3 is 0 Å². The van der Waals surface area contributed by atoms with Gasteiger partial charge in [0.05, 0.1) is 11.1 Å². The van der Waals surface area contributed by atoms with Crippen LogP contribution in [-0.4, -0.2) is 27.3 Å². The molecule has 1 amide bonds. The van der Waals surface area contributed by atoms with Crippen LogP contribution in [0.25, 0.3) is 10.2 Å². The maximum Gasteiger partial charge on any atom is 0.263 e. The molecule has 1 N–H and O–H groups in total. The second-order valence-corrected chi connectivity index (χ2v) is 10.1. The third-order valence-corrected chi connectivity index (χ3v) is 7.48. The second kappa shape index (κ2) is 9.44. The summed E-state index contributed by atoms with van der Waals surface area (Å²) in [7, 11) is 0. The Hall–Kier alpha value is -1.34. The Morgan fingerprint density at radius 1 is 1.29 bits per heavy atom. The quantitative estimate of drug-likeness (QED) is 0.507. The highest BCUT2D eigenvalue weighted by atomic mass is 32.2. The lowest BCUT2D eigenvalue weighted by Crippen LogP contribution is -2.33. The molecule has 0 unspecified atom stereocenters. The molecule has 0 aliphatic heterocycles. The van der Waals surface area contributed by atoms with E-state index in [0.717, 1.165) is 42.3 Å². The molecule has 28 heavy (non-hydrogen) atoms. The van der Waals surface area contributed by atoms with E-state index in [1.807, 2.05) is 11.5 Å². The van der Waals surface area contributed by atoms with Gasteiger partial charge in [-0.25, -0.2) is 4.98 Å². The normalized spacial score (nSPS) is 15.0. The molecule has 0 fully saturated rings. The van der Waals surface area contributed by atoms with E-state index >= 15 is 0 Å². The van der Waals surface area contributed by atoms with Gasteiger partial charge in [-0.1, -0.05) is 32.5 Å². The van der Waals surface area contributed by atoms with Crippen molar-refractivity contribution in [3.05, 3.63) is 20.8 Å². The molecule has 1 atom stereocenters. The average molecular weight is 422 g/mol. The largest absolute Gasteiger partial charge is 0.353 e. The number of thioether (sulfide) groups is 1. The van der Waals surface area contributed by atoms with Crippen molar-refractivity contribution < 1.29 is 4.79 Å². The number of hydrogen-bond donors (Lipinski definition) is 1. The highest BCUT2D eigenvalue weighted by Gasteiger charge is 2.22. The van der Waals surface area contributed by atoms with Crippen molar-refractivity contribution in [2.24, 2.45) is 5.92 Å². The zero-order valence-electron chi connectivity index (χ0n) is 17.3. The van der Waals surface area contributed by atoms with Gasteiger partial charge in [-0.3, -0.25) is 14.2 Å². The number of nitrogens with one attached hydrogen (secondary N) is 1. The van der Waals surface area contributed by atoms with Gasteiger partial charge in [0.25, 0.3) is 5.56 Å². The van der Waals surface area contributed by atoms with Crippen LogP contribution in [0.4, 0.5) is 0 Å². The van der Waals surface area contributed by atoms with E-state index in [9.17, 15) is 9.59 Å². The summed E-state index contributed by atoms with van der Waals surface area (Å²) in [6, 6.07) is 0.163. The molecule has 0 saturated carbocycles. The zero-order chi connectivity index (χ0) is 20.3. The molecular formula is C21H31N3O2S2. The second-order valence-electron chi connectivity index (χ2n) is 8.09. The van der Waals surface area contributed by atoms with Gasteiger partial charge in [-0.15, -0.1) is 11.3 Å². The smallest absolute Gasteiger partial charge is 0.263 e. The van der Waals surface area contributed by atoms with Gasteiger partial charge in [-0.2, -0.15) is 0 Å². The number of nitrogens with zero attached hydrogens (tertiary/aromatic N) is 2. The van der Waals surface area contributed by atoms with Gasteiger partial charge in [-0.05, 0) is 56.9 Å². The van der Waals surface area contributed by atoms with Crippen LogP contribution < -0.4 is 10.9 Å². The first-order valence-corrected chi connectivity index (χ1v) is 12.2. The molecule has 3 rings (SSSR count). The van der Waals surface area contributed by atoms with Gasteiger partial charge in [0.1, 0.15) is 4.83 Å². The number of fused-ring (bicyclic) bond motifs is 3. The molecule has 2 aromatic heterocycles. The highest BCUT2D eigenvalue weighted by molar-refractivity contribution is 7.99. The fourth-order valence-corrected chi connectivity index (χ4v) is 5.60. The van der Waals surface area contributed by atoms with Crippen LogP contribution in [-0.2, 0) is 24.2 Å². The number of hydrogen-bond acceptors (Lipinski definition) is 5. The van der Waals surface area contributed by atoms with Crippen LogP contribution in [0.5, 0.6) is 0 Å². The summed E-state index contributed by atoms with van der Waals surface area (Å²) in [5.74, 6) is 0.787. The van der Waals surface area contributed by atoms with Gasteiger partial charge < -0.3 is 5.32 Å². The molecule has 0 aromatic carbocycles. The molecule has 0 spiro atoms. The summed E-state index contributed by atoms with van der Waals surface area (Å²) in [4.78, 5) is 32.6. The summed E-state index contributed by atoms with van der Waals surface area (Å²) >= 11 is 3.05. The van der Waals surface area contributed by atoms with Crippen LogP contribution in [0.2, 0.25) is 0 Å². The number of carbonyl (C=O) groups is 1. The molecule has 0 bridgehead atoms. The summed E-state index contributed by atoms with van der Waals surface area (Å²) in [5, 5.41) is 4.50. The first-order chi connectivity index (χ1) is 13.4. The van der Waals surface area contributed by atoms with E-state index in [2.05, 4.69) is 26.1 Å². The van der Waals surface area contributed by atoms with E-state index in [1.54, 1.807) is 11.3 Å². The van der Waals surface area contributed by atoms with Crippen molar-refractivity contribution in [3.63, 3.8) is 0 Å². The minimum atomic E-state index is -0.00502. The topological polar surface area (TPSA) is 64.0 Å². The molecule has 2 heterocycles. The number of thiophene rings is 1. The SMILES string of the molecule is CC[C@H](C)NC(=O)CSc1nc2sc3c(c2c(=O)n1CCC(C)C)CCCC3.